The summed E-state index contributed by atoms with van der Waals surface area (Å²) < 4.78 is 10.2. The molecule has 1 N–H and O–H groups in total. The monoisotopic (exact) mass is 299 g/mol. The third kappa shape index (κ3) is 10.6. The molecule has 1 atom stereocenters. The zero-order valence-electron chi connectivity index (χ0n) is 13.7. The molecule has 0 aromatic carbocycles. The van der Waals surface area contributed by atoms with E-state index < -0.39 is 6.16 Å². The molecule has 21 heavy (non-hydrogen) atoms. The maximum Gasteiger partial charge on any atom is 0.509 e. The van der Waals surface area contributed by atoms with Crippen molar-refractivity contribution in [1.29, 1.82) is 0 Å². The number of hydrogen-bond acceptors (Lipinski definition) is 4. The van der Waals surface area contributed by atoms with Crippen LogP contribution in [0.1, 0.15) is 84.0 Å². The first kappa shape index (κ1) is 18.3. The third-order valence-corrected chi connectivity index (χ3v) is 3.97. The van der Waals surface area contributed by atoms with Gasteiger partial charge in [0.15, 0.2) is 6.23 Å². The van der Waals surface area contributed by atoms with Gasteiger partial charge in [-0.3, -0.25) is 5.32 Å². The average molecular weight is 299 g/mol. The Kier molecular flexibility index (Phi) is 11.3. The first-order valence-electron chi connectivity index (χ1n) is 8.89. The van der Waals surface area contributed by atoms with Crippen molar-refractivity contribution >= 4 is 6.16 Å². The molecular formula is C17H33NO3. The van der Waals surface area contributed by atoms with Gasteiger partial charge in [-0.05, 0) is 25.8 Å². The summed E-state index contributed by atoms with van der Waals surface area (Å²) in [5, 5.41) is 3.11. The first-order chi connectivity index (χ1) is 10.3. The summed E-state index contributed by atoms with van der Waals surface area (Å²) >= 11 is 0. The molecule has 0 aromatic rings. The van der Waals surface area contributed by atoms with E-state index in [1.165, 1.54) is 51.4 Å². The molecule has 0 aliphatic carbocycles. The largest absolute Gasteiger partial charge is 0.509 e. The van der Waals surface area contributed by atoms with Crippen molar-refractivity contribution in [1.82, 2.24) is 5.32 Å². The Bertz CT molecular complexity index is 252. The normalized spacial score (nSPS) is 17.9. The minimum atomic E-state index is -0.523. The zero-order chi connectivity index (χ0) is 15.2. The average Bonchev–Trinajstić information content (AvgIpc) is 2.97. The standard InChI is InChI=1S/C17H33NO3/c1-2-3-4-5-6-7-8-9-10-11-15-20-17(19)21-16-13-12-14-18-16/h16,18H,2-15H2,1H3. The summed E-state index contributed by atoms with van der Waals surface area (Å²) in [6.45, 7) is 3.67. The van der Waals surface area contributed by atoms with Crippen LogP contribution >= 0.6 is 0 Å². The first-order valence-corrected chi connectivity index (χ1v) is 8.89. The third-order valence-electron chi connectivity index (χ3n) is 3.97. The van der Waals surface area contributed by atoms with Crippen molar-refractivity contribution in [3.05, 3.63) is 0 Å². The van der Waals surface area contributed by atoms with Gasteiger partial charge in [-0.1, -0.05) is 64.7 Å². The molecule has 0 aromatic heterocycles. The summed E-state index contributed by atoms with van der Waals surface area (Å²) in [5.41, 5.74) is 0. The minimum absolute atomic E-state index is 0.134. The number of rotatable bonds is 12. The lowest BCUT2D eigenvalue weighted by Crippen LogP contribution is -2.28. The number of unbranched alkanes of at least 4 members (excludes halogenated alkanes) is 9. The highest BCUT2D eigenvalue weighted by Gasteiger charge is 2.18. The summed E-state index contributed by atoms with van der Waals surface area (Å²) in [5.74, 6) is 0. The molecule has 0 saturated carbocycles. The van der Waals surface area contributed by atoms with Crippen LogP contribution in [-0.4, -0.2) is 25.5 Å². The fourth-order valence-electron chi connectivity index (χ4n) is 2.65. The van der Waals surface area contributed by atoms with Gasteiger partial charge in [-0.2, -0.15) is 0 Å². The Morgan fingerprint density at radius 1 is 1.00 bits per heavy atom. The second-order valence-electron chi connectivity index (χ2n) is 5.98. The van der Waals surface area contributed by atoms with E-state index in [1.807, 2.05) is 0 Å². The van der Waals surface area contributed by atoms with E-state index in [1.54, 1.807) is 0 Å². The number of ether oxygens (including phenoxy) is 2. The van der Waals surface area contributed by atoms with Crippen LogP contribution < -0.4 is 5.32 Å². The highest BCUT2D eigenvalue weighted by atomic mass is 16.7. The topological polar surface area (TPSA) is 47.6 Å². The van der Waals surface area contributed by atoms with Crippen molar-refractivity contribution in [2.24, 2.45) is 0 Å². The van der Waals surface area contributed by atoms with Crippen LogP contribution in [0.3, 0.4) is 0 Å². The van der Waals surface area contributed by atoms with Gasteiger partial charge in [0.2, 0.25) is 0 Å². The fraction of sp³-hybridized carbons (Fsp3) is 0.941. The van der Waals surface area contributed by atoms with E-state index in [0.717, 1.165) is 32.2 Å². The Labute approximate surface area is 130 Å². The Morgan fingerprint density at radius 2 is 1.62 bits per heavy atom. The molecular weight excluding hydrogens is 266 g/mol. The second kappa shape index (κ2) is 12.9. The lowest BCUT2D eigenvalue weighted by atomic mass is 10.1. The summed E-state index contributed by atoms with van der Waals surface area (Å²) in [4.78, 5) is 11.4. The van der Waals surface area contributed by atoms with Gasteiger partial charge in [0.05, 0.1) is 6.61 Å². The fourth-order valence-corrected chi connectivity index (χ4v) is 2.65. The van der Waals surface area contributed by atoms with Crippen molar-refractivity contribution in [3.8, 4) is 0 Å². The zero-order valence-corrected chi connectivity index (χ0v) is 13.7. The molecule has 0 radical (unpaired) electrons. The molecule has 4 heteroatoms. The van der Waals surface area contributed by atoms with Gasteiger partial charge in [0.25, 0.3) is 0 Å². The van der Waals surface area contributed by atoms with Crippen LogP contribution in [0.5, 0.6) is 0 Å². The van der Waals surface area contributed by atoms with E-state index >= 15 is 0 Å². The quantitative estimate of drug-likeness (QED) is 0.416. The smallest absolute Gasteiger partial charge is 0.434 e. The molecule has 124 valence electrons. The molecule has 0 bridgehead atoms. The Hall–Kier alpha value is -0.770. The van der Waals surface area contributed by atoms with Crippen molar-refractivity contribution in [2.75, 3.05) is 13.2 Å². The summed E-state index contributed by atoms with van der Waals surface area (Å²) in [6.07, 6.45) is 14.1. The molecule has 1 rings (SSSR count). The SMILES string of the molecule is CCCCCCCCCCCCOC(=O)OC1CCCN1. The molecule has 1 aliphatic heterocycles. The lowest BCUT2D eigenvalue weighted by molar-refractivity contribution is 0.0179. The van der Waals surface area contributed by atoms with Gasteiger partial charge in [-0.15, -0.1) is 0 Å². The Balaban J connectivity index is 1.76. The molecule has 0 amide bonds. The predicted molar refractivity (Wildman–Crippen MR) is 85.3 cm³/mol. The van der Waals surface area contributed by atoms with Crippen LogP contribution in [-0.2, 0) is 9.47 Å². The molecule has 1 aliphatic rings. The maximum atomic E-state index is 11.4. The van der Waals surface area contributed by atoms with Gasteiger partial charge < -0.3 is 9.47 Å². The van der Waals surface area contributed by atoms with Crippen LogP contribution in [0.15, 0.2) is 0 Å². The van der Waals surface area contributed by atoms with Crippen LogP contribution in [0.4, 0.5) is 4.79 Å². The number of nitrogens with one attached hydrogen (secondary N) is 1. The highest BCUT2D eigenvalue weighted by Crippen LogP contribution is 2.11. The molecule has 0 spiro atoms. The van der Waals surface area contributed by atoms with Gasteiger partial charge >= 0.3 is 6.16 Å². The van der Waals surface area contributed by atoms with E-state index in [0.29, 0.717) is 6.61 Å². The number of carbonyl (C=O) groups excluding carboxylic acids is 1. The lowest BCUT2D eigenvalue weighted by Gasteiger charge is -2.11. The molecule has 1 unspecified atom stereocenters. The van der Waals surface area contributed by atoms with E-state index in [4.69, 9.17) is 9.47 Å². The summed E-state index contributed by atoms with van der Waals surface area (Å²) in [7, 11) is 0. The van der Waals surface area contributed by atoms with E-state index in [9.17, 15) is 4.79 Å². The molecule has 1 fully saturated rings. The van der Waals surface area contributed by atoms with E-state index in [-0.39, 0.29) is 6.23 Å². The minimum Gasteiger partial charge on any atom is -0.434 e. The van der Waals surface area contributed by atoms with Gasteiger partial charge in [-0.25, -0.2) is 4.79 Å². The van der Waals surface area contributed by atoms with Crippen molar-refractivity contribution < 1.29 is 14.3 Å². The molecule has 1 heterocycles. The molecule has 1 saturated heterocycles. The highest BCUT2D eigenvalue weighted by molar-refractivity contribution is 5.60. The summed E-state index contributed by atoms with van der Waals surface area (Å²) in [6, 6.07) is 0. The van der Waals surface area contributed by atoms with Crippen LogP contribution in [0.2, 0.25) is 0 Å². The maximum absolute atomic E-state index is 11.4. The number of hydrogen-bond donors (Lipinski definition) is 1. The van der Waals surface area contributed by atoms with Gasteiger partial charge in [0, 0.05) is 0 Å². The van der Waals surface area contributed by atoms with Gasteiger partial charge in [0.1, 0.15) is 0 Å². The molecule has 4 nitrogen and oxygen atoms in total. The van der Waals surface area contributed by atoms with Crippen LogP contribution in [0.25, 0.3) is 0 Å². The number of carbonyl (C=O) groups is 1. The van der Waals surface area contributed by atoms with Crippen LogP contribution in [0, 0.1) is 0 Å². The van der Waals surface area contributed by atoms with E-state index in [2.05, 4.69) is 12.2 Å². The Morgan fingerprint density at radius 3 is 2.19 bits per heavy atom. The van der Waals surface area contributed by atoms with Crippen molar-refractivity contribution in [3.63, 3.8) is 0 Å². The van der Waals surface area contributed by atoms with Crippen molar-refractivity contribution in [2.45, 2.75) is 90.2 Å². The second-order valence-corrected chi connectivity index (χ2v) is 5.98. The predicted octanol–water partition coefficient (Wildman–Crippen LogP) is 4.77.